The molecule has 22 heavy (non-hydrogen) atoms. The largest absolute Gasteiger partial charge is 0.558 e. The van der Waals surface area contributed by atoms with Crippen molar-refractivity contribution in [3.05, 3.63) is 34.5 Å². The van der Waals surface area contributed by atoms with Crippen molar-refractivity contribution in [1.29, 1.82) is 0 Å². The van der Waals surface area contributed by atoms with E-state index in [1.807, 2.05) is 17.5 Å². The van der Waals surface area contributed by atoms with Gasteiger partial charge in [-0.05, 0) is 23.8 Å². The Morgan fingerprint density at radius 1 is 1.45 bits per heavy atom. The summed E-state index contributed by atoms with van der Waals surface area (Å²) in [6.07, 6.45) is 2.02. The van der Waals surface area contributed by atoms with Crippen LogP contribution in [0.15, 0.2) is 29.7 Å². The third-order valence-electron chi connectivity index (χ3n) is 3.28. The first-order valence-electron chi connectivity index (χ1n) is 6.84. The molecular weight excluding hydrogens is 309 g/mol. The fourth-order valence-corrected chi connectivity index (χ4v) is 2.94. The first-order chi connectivity index (χ1) is 10.4. The maximum Gasteiger partial charge on any atom is 0.396 e. The second-order valence-corrected chi connectivity index (χ2v) is 6.16. The number of aliphatic carboxylic acids is 1. The lowest BCUT2D eigenvalue weighted by atomic mass is 9.68. The number of carbonyl (C=O) groups is 2. The summed E-state index contributed by atoms with van der Waals surface area (Å²) in [7, 11) is 0. The zero-order chi connectivity index (χ0) is 16.2. The second-order valence-electron chi connectivity index (χ2n) is 5.13. The van der Waals surface area contributed by atoms with Crippen LogP contribution in [-0.2, 0) is 20.7 Å². The molecule has 9 heteroatoms. The minimum atomic E-state index is -3.34. The smallest absolute Gasteiger partial charge is 0.396 e. The Hall–Kier alpha value is -1.68. The zero-order valence-electron chi connectivity index (χ0n) is 11.7. The fourth-order valence-electron chi connectivity index (χ4n) is 2.24. The summed E-state index contributed by atoms with van der Waals surface area (Å²) in [6, 6.07) is 3.64. The number of amides is 1. The molecule has 0 bridgehead atoms. The van der Waals surface area contributed by atoms with Gasteiger partial charge < -0.3 is 25.1 Å². The molecule has 2 atom stereocenters. The van der Waals surface area contributed by atoms with Gasteiger partial charge in [0.1, 0.15) is 0 Å². The van der Waals surface area contributed by atoms with Gasteiger partial charge in [0.2, 0.25) is 5.91 Å². The molecule has 0 fully saturated rings. The maximum atomic E-state index is 11.9. The normalized spacial score (nSPS) is 23.7. The van der Waals surface area contributed by atoms with E-state index in [0.717, 1.165) is 4.88 Å². The van der Waals surface area contributed by atoms with E-state index in [9.17, 15) is 19.6 Å². The van der Waals surface area contributed by atoms with Gasteiger partial charge >= 0.3 is 12.7 Å². The predicted molar refractivity (Wildman–Crippen MR) is 81.0 cm³/mol. The van der Waals surface area contributed by atoms with Crippen molar-refractivity contribution in [2.75, 3.05) is 0 Å². The number of carboxylic acids is 1. The summed E-state index contributed by atoms with van der Waals surface area (Å²) in [5.74, 6) is -2.47. The molecule has 1 aliphatic rings. The van der Waals surface area contributed by atoms with Crippen LogP contribution in [0.5, 0.6) is 0 Å². The van der Waals surface area contributed by atoms with Crippen molar-refractivity contribution in [2.24, 2.45) is 0 Å². The van der Waals surface area contributed by atoms with E-state index in [1.54, 1.807) is 6.08 Å². The summed E-state index contributed by atoms with van der Waals surface area (Å²) >= 11 is 1.43. The van der Waals surface area contributed by atoms with Crippen LogP contribution in [0.4, 0.5) is 0 Å². The lowest BCUT2D eigenvalue weighted by molar-refractivity contribution is -0.138. The van der Waals surface area contributed by atoms with Gasteiger partial charge in [-0.3, -0.25) is 9.59 Å². The minimum Gasteiger partial charge on any atom is -0.558 e. The maximum absolute atomic E-state index is 11.9. The SMILES string of the molecule is O=C(O)C[C@H]1C=CC[C@H](NC(=O)Cc2cccs2)[B-](O)(O)O1. The Balaban J connectivity index is 1.97. The van der Waals surface area contributed by atoms with Crippen LogP contribution in [0.2, 0.25) is 0 Å². The molecule has 1 aromatic rings. The highest BCUT2D eigenvalue weighted by Crippen LogP contribution is 2.18. The standard InChI is InChI=1S/C13H17BNO6S/c16-12(8-10-4-2-6-22-10)15-11-5-1-3-9(7-13(17)18)21-14(11,19)20/h1-4,6,9,11,19-20H,5,7-8H2,(H,15,16)(H,17,18)/q-1/t9-,11+/m1/s1. The molecule has 0 saturated heterocycles. The molecule has 4 N–H and O–H groups in total. The fraction of sp³-hybridized carbons (Fsp3) is 0.385. The molecule has 7 nitrogen and oxygen atoms in total. The predicted octanol–water partition coefficient (Wildman–Crippen LogP) is 0.0579. The average Bonchev–Trinajstić information content (AvgIpc) is 2.84. The molecule has 2 heterocycles. The molecule has 0 unspecified atom stereocenters. The summed E-state index contributed by atoms with van der Waals surface area (Å²) in [5.41, 5.74) is 0. The van der Waals surface area contributed by atoms with Crippen molar-refractivity contribution in [1.82, 2.24) is 5.32 Å². The van der Waals surface area contributed by atoms with E-state index in [1.165, 1.54) is 17.4 Å². The van der Waals surface area contributed by atoms with E-state index in [0.29, 0.717) is 0 Å². The third kappa shape index (κ3) is 4.67. The zero-order valence-corrected chi connectivity index (χ0v) is 12.5. The third-order valence-corrected chi connectivity index (χ3v) is 4.15. The second kappa shape index (κ2) is 7.06. The molecular formula is C13H17BNO6S-. The molecule has 2 rings (SSSR count). The number of thiophene rings is 1. The van der Waals surface area contributed by atoms with Crippen LogP contribution in [0, 0.1) is 0 Å². The molecule has 0 radical (unpaired) electrons. The van der Waals surface area contributed by atoms with Crippen LogP contribution >= 0.6 is 11.3 Å². The van der Waals surface area contributed by atoms with Crippen molar-refractivity contribution in [2.45, 2.75) is 31.3 Å². The number of rotatable bonds is 5. The van der Waals surface area contributed by atoms with E-state index in [-0.39, 0.29) is 25.2 Å². The first-order valence-corrected chi connectivity index (χ1v) is 7.72. The number of hydrogen-bond donors (Lipinski definition) is 4. The van der Waals surface area contributed by atoms with Gasteiger partial charge in [-0.2, -0.15) is 0 Å². The highest BCUT2D eigenvalue weighted by molar-refractivity contribution is 7.10. The average molecular weight is 326 g/mol. The van der Waals surface area contributed by atoms with Gasteiger partial charge in [0.25, 0.3) is 0 Å². The van der Waals surface area contributed by atoms with Crippen molar-refractivity contribution in [3.63, 3.8) is 0 Å². The van der Waals surface area contributed by atoms with Gasteiger partial charge in [0.05, 0.1) is 12.8 Å². The summed E-state index contributed by atoms with van der Waals surface area (Å²) in [6.45, 7) is -3.34. The molecule has 0 saturated carbocycles. The topological polar surface area (TPSA) is 116 Å². The van der Waals surface area contributed by atoms with Gasteiger partial charge in [-0.1, -0.05) is 18.2 Å². The molecule has 0 spiro atoms. The molecule has 0 aromatic carbocycles. The number of carboxylic acid groups (broad SMARTS) is 1. The van der Waals surface area contributed by atoms with Gasteiger partial charge in [0.15, 0.2) is 0 Å². The van der Waals surface area contributed by atoms with E-state index in [4.69, 9.17) is 9.76 Å². The Morgan fingerprint density at radius 2 is 2.23 bits per heavy atom. The molecule has 1 aliphatic heterocycles. The number of carbonyl (C=O) groups excluding carboxylic acids is 1. The van der Waals surface area contributed by atoms with Crippen LogP contribution in [0.1, 0.15) is 17.7 Å². The van der Waals surface area contributed by atoms with Crippen molar-refractivity contribution in [3.8, 4) is 0 Å². The van der Waals surface area contributed by atoms with E-state index in [2.05, 4.69) is 5.32 Å². The summed E-state index contributed by atoms with van der Waals surface area (Å²) < 4.78 is 5.05. The number of hydrogen-bond acceptors (Lipinski definition) is 6. The van der Waals surface area contributed by atoms with Crippen LogP contribution in [0.25, 0.3) is 0 Å². The highest BCUT2D eigenvalue weighted by atomic mass is 32.1. The molecule has 0 aliphatic carbocycles. The monoisotopic (exact) mass is 326 g/mol. The lowest BCUT2D eigenvalue weighted by Crippen LogP contribution is -2.60. The molecule has 1 aromatic heterocycles. The Kier molecular flexibility index (Phi) is 5.35. The quantitative estimate of drug-likeness (QED) is 0.449. The molecule has 1 amide bonds. The van der Waals surface area contributed by atoms with Crippen LogP contribution in [-0.4, -0.2) is 45.8 Å². The van der Waals surface area contributed by atoms with Crippen LogP contribution in [0.3, 0.4) is 0 Å². The minimum absolute atomic E-state index is 0.141. The Labute approximate surface area is 131 Å². The van der Waals surface area contributed by atoms with E-state index >= 15 is 0 Å². The summed E-state index contributed by atoms with van der Waals surface area (Å²) in [4.78, 5) is 23.5. The van der Waals surface area contributed by atoms with Crippen LogP contribution < -0.4 is 5.32 Å². The Morgan fingerprint density at radius 3 is 2.86 bits per heavy atom. The molecule has 120 valence electrons. The lowest BCUT2D eigenvalue weighted by Gasteiger charge is -2.38. The van der Waals surface area contributed by atoms with Gasteiger partial charge in [0, 0.05) is 11.0 Å². The highest BCUT2D eigenvalue weighted by Gasteiger charge is 2.36. The first kappa shape index (κ1) is 16.7. The van der Waals surface area contributed by atoms with Gasteiger partial charge in [-0.25, -0.2) is 0 Å². The van der Waals surface area contributed by atoms with Gasteiger partial charge in [-0.15, -0.1) is 11.3 Å². The number of nitrogens with one attached hydrogen (secondary N) is 1. The van der Waals surface area contributed by atoms with Crippen molar-refractivity contribution < 1.29 is 29.4 Å². The Bertz CT molecular complexity index is 559. The van der Waals surface area contributed by atoms with Crippen molar-refractivity contribution >= 4 is 30.0 Å². The summed E-state index contributed by atoms with van der Waals surface area (Å²) in [5, 5.41) is 33.2. The van der Waals surface area contributed by atoms with E-state index < -0.39 is 24.8 Å².